The molecule has 0 aliphatic heterocycles. The van der Waals surface area contributed by atoms with E-state index in [1.807, 2.05) is 0 Å². The molecule has 1 heterocycles. The van der Waals surface area contributed by atoms with Gasteiger partial charge in [-0.3, -0.25) is 0 Å². The monoisotopic (exact) mass is 385 g/mol. The summed E-state index contributed by atoms with van der Waals surface area (Å²) >= 11 is 1.79. The highest BCUT2D eigenvalue weighted by atomic mass is 32.1. The fraction of sp³-hybridized carbons (Fsp3) is 0.640. The van der Waals surface area contributed by atoms with E-state index in [9.17, 15) is 0 Å². The van der Waals surface area contributed by atoms with Crippen LogP contribution >= 0.6 is 11.3 Å². The Balaban J connectivity index is 1.36. The first-order valence-corrected chi connectivity index (χ1v) is 12.2. The first-order chi connectivity index (χ1) is 13.4. The Hall–Kier alpha value is -1.15. The average molecular weight is 386 g/mol. The molecule has 27 heavy (non-hydrogen) atoms. The van der Waals surface area contributed by atoms with Crippen LogP contribution < -0.4 is 0 Å². The molecular formula is C25H39NS. The van der Waals surface area contributed by atoms with Crippen molar-refractivity contribution in [3.8, 4) is 0 Å². The standard InChI is InChI=1S/C25H39NS/c1-2-3-4-5-6-7-8-9-10-11-12-13-14-15-16-17-22-25-26-23-20-18-19-21-24(23)27-25/h17-22H,2-16H2,1H3. The van der Waals surface area contributed by atoms with Gasteiger partial charge in [0, 0.05) is 0 Å². The largest absolute Gasteiger partial charge is 0.237 e. The summed E-state index contributed by atoms with van der Waals surface area (Å²) in [5.74, 6) is 0. The molecule has 150 valence electrons. The summed E-state index contributed by atoms with van der Waals surface area (Å²) in [6, 6.07) is 8.39. The molecular weight excluding hydrogens is 346 g/mol. The number of hydrogen-bond donors (Lipinski definition) is 0. The van der Waals surface area contributed by atoms with E-state index >= 15 is 0 Å². The first kappa shape index (κ1) is 22.1. The SMILES string of the molecule is CCCCCCCCCCCCCCCCC=Cc1nc2ccccc2s1. The summed E-state index contributed by atoms with van der Waals surface area (Å²) in [5, 5.41) is 1.14. The van der Waals surface area contributed by atoms with Crippen LogP contribution in [0.25, 0.3) is 16.3 Å². The number of para-hydroxylation sites is 1. The van der Waals surface area contributed by atoms with Crippen molar-refractivity contribution < 1.29 is 0 Å². The van der Waals surface area contributed by atoms with Crippen LogP contribution in [0.15, 0.2) is 30.3 Å². The van der Waals surface area contributed by atoms with Crippen LogP contribution in [0.4, 0.5) is 0 Å². The molecule has 0 aliphatic carbocycles. The number of aromatic nitrogens is 1. The molecule has 0 saturated heterocycles. The van der Waals surface area contributed by atoms with Gasteiger partial charge in [-0.2, -0.15) is 0 Å². The van der Waals surface area contributed by atoms with Gasteiger partial charge < -0.3 is 0 Å². The zero-order chi connectivity index (χ0) is 19.0. The number of fused-ring (bicyclic) bond motifs is 1. The van der Waals surface area contributed by atoms with Crippen LogP contribution in [0.5, 0.6) is 0 Å². The van der Waals surface area contributed by atoms with Crippen molar-refractivity contribution in [1.82, 2.24) is 4.98 Å². The number of benzene rings is 1. The summed E-state index contributed by atoms with van der Waals surface area (Å²) in [5.41, 5.74) is 1.12. The molecule has 0 saturated carbocycles. The van der Waals surface area contributed by atoms with E-state index in [-0.39, 0.29) is 0 Å². The molecule has 0 N–H and O–H groups in total. The van der Waals surface area contributed by atoms with Crippen molar-refractivity contribution in [3.63, 3.8) is 0 Å². The Bertz CT molecular complexity index is 595. The maximum absolute atomic E-state index is 4.65. The van der Waals surface area contributed by atoms with E-state index in [2.05, 4.69) is 48.3 Å². The van der Waals surface area contributed by atoms with Crippen molar-refractivity contribution in [2.24, 2.45) is 0 Å². The second kappa shape index (κ2) is 14.9. The third kappa shape index (κ3) is 10.1. The van der Waals surface area contributed by atoms with Gasteiger partial charge in [0.2, 0.25) is 0 Å². The zero-order valence-corrected chi connectivity index (χ0v) is 18.2. The second-order valence-electron chi connectivity index (χ2n) is 7.81. The van der Waals surface area contributed by atoms with Crippen LogP contribution in [0.3, 0.4) is 0 Å². The Morgan fingerprint density at radius 2 is 1.30 bits per heavy atom. The smallest absolute Gasteiger partial charge is 0.117 e. The van der Waals surface area contributed by atoms with Gasteiger partial charge in [-0.15, -0.1) is 11.3 Å². The molecule has 1 nitrogen and oxygen atoms in total. The zero-order valence-electron chi connectivity index (χ0n) is 17.4. The number of rotatable bonds is 16. The van der Waals surface area contributed by atoms with Crippen LogP contribution in [0.1, 0.15) is 108 Å². The molecule has 0 aliphatic rings. The molecule has 2 rings (SSSR count). The maximum Gasteiger partial charge on any atom is 0.117 e. The minimum absolute atomic E-state index is 1.12. The predicted molar refractivity (Wildman–Crippen MR) is 124 cm³/mol. The third-order valence-electron chi connectivity index (χ3n) is 5.30. The molecule has 2 heteroatoms. The van der Waals surface area contributed by atoms with Gasteiger partial charge in [0.15, 0.2) is 0 Å². The molecule has 0 fully saturated rings. The molecule has 2 aromatic rings. The molecule has 0 bridgehead atoms. The molecule has 0 radical (unpaired) electrons. The van der Waals surface area contributed by atoms with E-state index in [1.165, 1.54) is 101 Å². The second-order valence-corrected chi connectivity index (χ2v) is 8.87. The molecule has 0 unspecified atom stereocenters. The van der Waals surface area contributed by atoms with Crippen LogP contribution in [-0.2, 0) is 0 Å². The lowest BCUT2D eigenvalue weighted by Crippen LogP contribution is -1.83. The van der Waals surface area contributed by atoms with Gasteiger partial charge in [0.1, 0.15) is 5.01 Å². The molecule has 0 spiro atoms. The highest BCUT2D eigenvalue weighted by Crippen LogP contribution is 2.22. The number of unbranched alkanes of at least 4 members (excludes halogenated alkanes) is 14. The third-order valence-corrected chi connectivity index (χ3v) is 6.30. The molecule has 1 aromatic carbocycles. The number of thiazole rings is 1. The van der Waals surface area contributed by atoms with E-state index < -0.39 is 0 Å². The average Bonchev–Trinajstić information content (AvgIpc) is 3.10. The minimum atomic E-state index is 1.12. The fourth-order valence-electron chi connectivity index (χ4n) is 3.60. The number of hydrogen-bond acceptors (Lipinski definition) is 2. The summed E-state index contributed by atoms with van der Waals surface area (Å²) in [7, 11) is 0. The van der Waals surface area contributed by atoms with Gasteiger partial charge in [-0.25, -0.2) is 4.98 Å². The number of nitrogens with zero attached hydrogens (tertiary/aromatic N) is 1. The lowest BCUT2D eigenvalue weighted by atomic mass is 10.0. The van der Waals surface area contributed by atoms with Crippen molar-refractivity contribution in [2.45, 2.75) is 103 Å². The van der Waals surface area contributed by atoms with Crippen LogP contribution in [0, 0.1) is 0 Å². The summed E-state index contributed by atoms with van der Waals surface area (Å²) in [6.45, 7) is 2.29. The van der Waals surface area contributed by atoms with Gasteiger partial charge in [0.25, 0.3) is 0 Å². The van der Waals surface area contributed by atoms with Gasteiger partial charge in [-0.05, 0) is 31.1 Å². The van der Waals surface area contributed by atoms with Crippen molar-refractivity contribution in [1.29, 1.82) is 0 Å². The quantitative estimate of drug-likeness (QED) is 0.262. The number of allylic oxidation sites excluding steroid dienone is 1. The van der Waals surface area contributed by atoms with Crippen LogP contribution in [-0.4, -0.2) is 4.98 Å². The predicted octanol–water partition coefficient (Wildman–Crippen LogP) is 9.18. The molecule has 1 aromatic heterocycles. The van der Waals surface area contributed by atoms with E-state index in [4.69, 9.17) is 0 Å². The van der Waals surface area contributed by atoms with Crippen molar-refractivity contribution >= 4 is 27.6 Å². The minimum Gasteiger partial charge on any atom is -0.237 e. The topological polar surface area (TPSA) is 12.9 Å². The van der Waals surface area contributed by atoms with Crippen molar-refractivity contribution in [3.05, 3.63) is 35.3 Å². The molecule has 0 atom stereocenters. The normalized spacial score (nSPS) is 11.7. The van der Waals surface area contributed by atoms with E-state index in [1.54, 1.807) is 11.3 Å². The summed E-state index contributed by atoms with van der Waals surface area (Å²) in [6.07, 6.45) is 25.7. The fourth-order valence-corrected chi connectivity index (χ4v) is 4.50. The van der Waals surface area contributed by atoms with Crippen LogP contribution in [0.2, 0.25) is 0 Å². The lowest BCUT2D eigenvalue weighted by molar-refractivity contribution is 0.536. The van der Waals surface area contributed by atoms with Gasteiger partial charge in [-0.1, -0.05) is 109 Å². The lowest BCUT2D eigenvalue weighted by Gasteiger charge is -2.02. The van der Waals surface area contributed by atoms with E-state index in [0.29, 0.717) is 0 Å². The Morgan fingerprint density at radius 3 is 1.89 bits per heavy atom. The highest BCUT2D eigenvalue weighted by molar-refractivity contribution is 7.19. The van der Waals surface area contributed by atoms with Gasteiger partial charge >= 0.3 is 0 Å². The molecule has 0 amide bonds. The Kier molecular flexibility index (Phi) is 12.2. The Morgan fingerprint density at radius 1 is 0.741 bits per heavy atom. The first-order valence-electron chi connectivity index (χ1n) is 11.4. The Labute approximate surface area is 171 Å². The van der Waals surface area contributed by atoms with Gasteiger partial charge in [0.05, 0.1) is 10.2 Å². The van der Waals surface area contributed by atoms with Crippen molar-refractivity contribution in [2.75, 3.05) is 0 Å². The highest BCUT2D eigenvalue weighted by Gasteiger charge is 1.99. The summed E-state index contributed by atoms with van der Waals surface area (Å²) in [4.78, 5) is 4.65. The maximum atomic E-state index is 4.65. The summed E-state index contributed by atoms with van der Waals surface area (Å²) < 4.78 is 1.29. The van der Waals surface area contributed by atoms with E-state index in [0.717, 1.165) is 10.5 Å².